The Kier molecular flexibility index (Phi) is 3.08. The molecule has 96 valence electrons. The van der Waals surface area contributed by atoms with Gasteiger partial charge in [-0.05, 0) is 39.8 Å². The fourth-order valence-corrected chi connectivity index (χ4v) is 2.80. The third-order valence-corrected chi connectivity index (χ3v) is 3.06. The van der Waals surface area contributed by atoms with Gasteiger partial charge in [0, 0.05) is 13.1 Å². The molecule has 0 aromatic heterocycles. The van der Waals surface area contributed by atoms with Gasteiger partial charge in [0.15, 0.2) is 0 Å². The summed E-state index contributed by atoms with van der Waals surface area (Å²) < 4.78 is 6.06. The summed E-state index contributed by atoms with van der Waals surface area (Å²) in [6, 6.07) is 10.0. The Morgan fingerprint density at radius 1 is 1.11 bits per heavy atom. The van der Waals surface area contributed by atoms with Crippen LogP contribution in [-0.2, 0) is 4.74 Å². The Labute approximate surface area is 109 Å². The lowest BCUT2D eigenvalue weighted by Gasteiger charge is -2.48. The van der Waals surface area contributed by atoms with Crippen LogP contribution in [0, 0.1) is 11.3 Å². The molecule has 0 bridgehead atoms. The molecular weight excluding hydrogens is 224 g/mol. The molecule has 1 saturated heterocycles. The summed E-state index contributed by atoms with van der Waals surface area (Å²) in [4.78, 5) is 2.25. The molecule has 0 saturated carbocycles. The van der Waals surface area contributed by atoms with E-state index < -0.39 is 0 Å². The van der Waals surface area contributed by atoms with Crippen LogP contribution < -0.4 is 4.90 Å². The highest BCUT2D eigenvalue weighted by atomic mass is 16.5. The lowest BCUT2D eigenvalue weighted by atomic mass is 9.97. The van der Waals surface area contributed by atoms with Gasteiger partial charge in [-0.3, -0.25) is 0 Å². The van der Waals surface area contributed by atoms with Crippen LogP contribution in [0.3, 0.4) is 0 Å². The molecular formula is C15H20N2O. The summed E-state index contributed by atoms with van der Waals surface area (Å²) in [7, 11) is 0. The standard InChI is InChI=1S/C15H20N2O/c1-14(2)10-17(11-15(3,4)18-14)13-8-6-5-7-12(13)9-16/h5-8H,10-11H2,1-4H3. The number of nitriles is 1. The zero-order valence-electron chi connectivity index (χ0n) is 11.5. The first-order chi connectivity index (χ1) is 8.33. The molecule has 3 nitrogen and oxygen atoms in total. The minimum absolute atomic E-state index is 0.204. The van der Waals surface area contributed by atoms with E-state index in [0.717, 1.165) is 24.3 Å². The van der Waals surface area contributed by atoms with Crippen molar-refractivity contribution in [3.8, 4) is 6.07 Å². The monoisotopic (exact) mass is 244 g/mol. The van der Waals surface area contributed by atoms with Crippen molar-refractivity contribution in [1.82, 2.24) is 0 Å². The smallest absolute Gasteiger partial charge is 0.101 e. The number of nitrogens with zero attached hydrogens (tertiary/aromatic N) is 2. The fraction of sp³-hybridized carbons (Fsp3) is 0.533. The van der Waals surface area contributed by atoms with E-state index in [0.29, 0.717) is 0 Å². The van der Waals surface area contributed by atoms with Crippen molar-refractivity contribution >= 4 is 5.69 Å². The largest absolute Gasteiger partial charge is 0.366 e. The Morgan fingerprint density at radius 2 is 1.67 bits per heavy atom. The van der Waals surface area contributed by atoms with Gasteiger partial charge in [-0.25, -0.2) is 0 Å². The van der Waals surface area contributed by atoms with Crippen molar-refractivity contribution in [2.75, 3.05) is 18.0 Å². The second kappa shape index (κ2) is 4.29. The Balaban J connectivity index is 2.36. The van der Waals surface area contributed by atoms with Crippen LogP contribution in [0.4, 0.5) is 5.69 Å². The molecule has 18 heavy (non-hydrogen) atoms. The number of para-hydroxylation sites is 1. The Bertz CT molecular complexity index is 470. The van der Waals surface area contributed by atoms with E-state index in [1.165, 1.54) is 0 Å². The average molecular weight is 244 g/mol. The average Bonchev–Trinajstić information content (AvgIpc) is 2.24. The number of hydrogen-bond donors (Lipinski definition) is 0. The van der Waals surface area contributed by atoms with Gasteiger partial charge >= 0.3 is 0 Å². The van der Waals surface area contributed by atoms with Crippen LogP contribution in [0.1, 0.15) is 33.3 Å². The third-order valence-electron chi connectivity index (χ3n) is 3.06. The van der Waals surface area contributed by atoms with Crippen LogP contribution in [0.5, 0.6) is 0 Å². The van der Waals surface area contributed by atoms with Crippen molar-refractivity contribution in [3.63, 3.8) is 0 Å². The molecule has 0 radical (unpaired) electrons. The lowest BCUT2D eigenvalue weighted by molar-refractivity contribution is -0.133. The van der Waals surface area contributed by atoms with Gasteiger partial charge in [-0.1, -0.05) is 12.1 Å². The molecule has 1 fully saturated rings. The van der Waals surface area contributed by atoms with Crippen molar-refractivity contribution in [3.05, 3.63) is 29.8 Å². The number of ether oxygens (including phenoxy) is 1. The molecule has 0 aliphatic carbocycles. The maximum atomic E-state index is 9.20. The van der Waals surface area contributed by atoms with Crippen LogP contribution in [-0.4, -0.2) is 24.3 Å². The number of hydrogen-bond acceptors (Lipinski definition) is 3. The highest BCUT2D eigenvalue weighted by Crippen LogP contribution is 2.32. The van der Waals surface area contributed by atoms with E-state index in [4.69, 9.17) is 4.74 Å². The van der Waals surface area contributed by atoms with E-state index in [-0.39, 0.29) is 11.2 Å². The highest BCUT2D eigenvalue weighted by Gasteiger charge is 2.38. The fourth-order valence-electron chi connectivity index (χ4n) is 2.80. The number of morpholine rings is 1. The first kappa shape index (κ1) is 12.9. The van der Waals surface area contributed by atoms with Gasteiger partial charge in [0.25, 0.3) is 0 Å². The van der Waals surface area contributed by atoms with Gasteiger partial charge in [0.05, 0.1) is 22.5 Å². The van der Waals surface area contributed by atoms with E-state index in [1.54, 1.807) is 0 Å². The second-order valence-electron chi connectivity index (χ2n) is 6.11. The zero-order chi connectivity index (χ0) is 13.4. The molecule has 0 spiro atoms. The summed E-state index contributed by atoms with van der Waals surface area (Å²) >= 11 is 0. The van der Waals surface area contributed by atoms with Gasteiger partial charge in [-0.2, -0.15) is 5.26 Å². The molecule has 1 aliphatic heterocycles. The van der Waals surface area contributed by atoms with Crippen LogP contribution in [0.25, 0.3) is 0 Å². The SMILES string of the molecule is CC1(C)CN(c2ccccc2C#N)CC(C)(C)O1. The molecule has 1 heterocycles. The normalized spacial score (nSPS) is 21.4. The summed E-state index contributed by atoms with van der Waals surface area (Å²) in [5.41, 5.74) is 1.32. The predicted octanol–water partition coefficient (Wildman–Crippen LogP) is 2.95. The summed E-state index contributed by atoms with van der Waals surface area (Å²) in [5, 5.41) is 9.20. The zero-order valence-corrected chi connectivity index (χ0v) is 11.5. The van der Waals surface area contributed by atoms with Crippen LogP contribution in [0.2, 0.25) is 0 Å². The van der Waals surface area contributed by atoms with Gasteiger partial charge in [0.1, 0.15) is 6.07 Å². The van der Waals surface area contributed by atoms with Crippen LogP contribution in [0.15, 0.2) is 24.3 Å². The van der Waals surface area contributed by atoms with E-state index in [9.17, 15) is 5.26 Å². The Hall–Kier alpha value is -1.53. The minimum Gasteiger partial charge on any atom is -0.366 e. The van der Waals surface area contributed by atoms with Crippen molar-refractivity contribution in [2.45, 2.75) is 38.9 Å². The molecule has 0 atom stereocenters. The maximum Gasteiger partial charge on any atom is 0.101 e. The molecule has 1 aromatic carbocycles. The number of benzene rings is 1. The molecule has 3 heteroatoms. The van der Waals surface area contributed by atoms with Crippen molar-refractivity contribution in [2.24, 2.45) is 0 Å². The topological polar surface area (TPSA) is 36.3 Å². The molecule has 2 rings (SSSR count). The molecule has 1 aliphatic rings. The van der Waals surface area contributed by atoms with Gasteiger partial charge in [0.2, 0.25) is 0 Å². The number of rotatable bonds is 1. The number of anilines is 1. The molecule has 1 aromatic rings. The van der Waals surface area contributed by atoms with E-state index in [1.807, 2.05) is 24.3 Å². The second-order valence-corrected chi connectivity index (χ2v) is 6.11. The highest BCUT2D eigenvalue weighted by molar-refractivity contribution is 5.59. The maximum absolute atomic E-state index is 9.20. The predicted molar refractivity (Wildman–Crippen MR) is 72.6 cm³/mol. The van der Waals surface area contributed by atoms with Crippen molar-refractivity contribution < 1.29 is 4.74 Å². The minimum atomic E-state index is -0.204. The Morgan fingerprint density at radius 3 is 2.22 bits per heavy atom. The van der Waals surface area contributed by atoms with Gasteiger partial charge < -0.3 is 9.64 Å². The summed E-state index contributed by atoms with van der Waals surface area (Å²) in [6.45, 7) is 9.97. The molecule has 0 N–H and O–H groups in total. The van der Waals surface area contributed by atoms with Crippen LogP contribution >= 0.6 is 0 Å². The quantitative estimate of drug-likeness (QED) is 0.762. The first-order valence-electron chi connectivity index (χ1n) is 6.27. The van der Waals surface area contributed by atoms with E-state index in [2.05, 4.69) is 38.7 Å². The summed E-state index contributed by atoms with van der Waals surface area (Å²) in [6.07, 6.45) is 0. The van der Waals surface area contributed by atoms with E-state index >= 15 is 0 Å². The van der Waals surface area contributed by atoms with Crippen molar-refractivity contribution in [1.29, 1.82) is 5.26 Å². The first-order valence-corrected chi connectivity index (χ1v) is 6.27. The molecule has 0 amide bonds. The van der Waals surface area contributed by atoms with Gasteiger partial charge in [-0.15, -0.1) is 0 Å². The lowest BCUT2D eigenvalue weighted by Crippen LogP contribution is -2.57. The molecule has 0 unspecified atom stereocenters. The summed E-state index contributed by atoms with van der Waals surface area (Å²) in [5.74, 6) is 0. The third kappa shape index (κ3) is 2.65.